The number of aryl methyl sites for hydroxylation is 1. The van der Waals surface area contributed by atoms with Crippen molar-refractivity contribution in [2.24, 2.45) is 11.8 Å². The molecule has 168 valence electrons. The van der Waals surface area contributed by atoms with Gasteiger partial charge >= 0.3 is 0 Å². The fraction of sp³-hybridized carbons (Fsp3) is 0.185. The molecule has 3 aromatic rings. The molecule has 1 aliphatic carbocycles. The summed E-state index contributed by atoms with van der Waals surface area (Å²) in [5, 5.41) is 0. The van der Waals surface area contributed by atoms with Crippen LogP contribution in [0, 0.1) is 18.8 Å². The van der Waals surface area contributed by atoms with Gasteiger partial charge in [-0.25, -0.2) is 4.90 Å². The Morgan fingerprint density at radius 3 is 2.09 bits per heavy atom. The highest BCUT2D eigenvalue weighted by atomic mass is 79.9. The Balaban J connectivity index is 1.55. The minimum Gasteiger partial charge on any atom is -0.349 e. The molecule has 0 radical (unpaired) electrons. The summed E-state index contributed by atoms with van der Waals surface area (Å²) in [5.41, 5.74) is 0.378. The van der Waals surface area contributed by atoms with E-state index in [1.54, 1.807) is 54.6 Å². The molecule has 0 saturated carbocycles. The van der Waals surface area contributed by atoms with Crippen molar-refractivity contribution in [1.29, 1.82) is 0 Å². The summed E-state index contributed by atoms with van der Waals surface area (Å²) in [6, 6.07) is 20.6. The summed E-state index contributed by atoms with van der Waals surface area (Å²) in [4.78, 5) is 56.2. The molecule has 7 heteroatoms. The van der Waals surface area contributed by atoms with Gasteiger partial charge in [0.15, 0.2) is 0 Å². The zero-order valence-corrected chi connectivity index (χ0v) is 19.6. The zero-order chi connectivity index (χ0) is 23.8. The number of imide groups is 1. The van der Waals surface area contributed by atoms with Crippen molar-refractivity contribution in [3.05, 3.63) is 99.5 Å². The van der Waals surface area contributed by atoms with Gasteiger partial charge in [-0.05, 0) is 36.8 Å². The molecule has 6 rings (SSSR count). The van der Waals surface area contributed by atoms with Gasteiger partial charge < -0.3 is 4.74 Å². The normalized spacial score (nSPS) is 24.8. The van der Waals surface area contributed by atoms with Crippen molar-refractivity contribution < 1.29 is 23.9 Å². The van der Waals surface area contributed by atoms with Crippen LogP contribution in [-0.2, 0) is 14.3 Å². The van der Waals surface area contributed by atoms with Crippen molar-refractivity contribution in [1.82, 2.24) is 0 Å². The molecule has 2 heterocycles. The maximum absolute atomic E-state index is 13.8. The van der Waals surface area contributed by atoms with Crippen LogP contribution in [0.15, 0.2) is 77.3 Å². The van der Waals surface area contributed by atoms with Crippen molar-refractivity contribution in [3.63, 3.8) is 0 Å². The lowest BCUT2D eigenvalue weighted by Gasteiger charge is -2.27. The van der Waals surface area contributed by atoms with Crippen LogP contribution in [0.2, 0.25) is 0 Å². The maximum atomic E-state index is 13.8. The Morgan fingerprint density at radius 2 is 1.47 bits per heavy atom. The lowest BCUT2D eigenvalue weighted by molar-refractivity contribution is -0.127. The number of nitrogens with zero attached hydrogens (tertiary/aromatic N) is 1. The third-order valence-corrected chi connectivity index (χ3v) is 7.48. The molecule has 0 unspecified atom stereocenters. The molecule has 0 N–H and O–H groups in total. The largest absolute Gasteiger partial charge is 0.349 e. The van der Waals surface area contributed by atoms with Crippen LogP contribution in [0.1, 0.15) is 37.9 Å². The number of Topliss-reactive ketones (excluding diaryl/α,β-unsaturated/α-hetero) is 2. The number of hydrogen-bond donors (Lipinski definition) is 0. The SMILES string of the molecule is Cc1ccc(N2C(=O)[C@H]3[C@@H](c4cccc(Br)c4)OC4(C(=O)c5ccccc5C4=O)[C@@H]3C2=O)cc1. The molecule has 2 amide bonds. The van der Waals surface area contributed by atoms with Crippen molar-refractivity contribution >= 4 is 45.0 Å². The summed E-state index contributed by atoms with van der Waals surface area (Å²) in [6.07, 6.45) is -0.934. The topological polar surface area (TPSA) is 80.8 Å². The number of hydrogen-bond acceptors (Lipinski definition) is 5. The summed E-state index contributed by atoms with van der Waals surface area (Å²) in [5.74, 6) is -4.45. The van der Waals surface area contributed by atoms with E-state index >= 15 is 0 Å². The number of benzene rings is 3. The number of carbonyl (C=O) groups excluding carboxylic acids is 4. The van der Waals surface area contributed by atoms with Gasteiger partial charge in [0, 0.05) is 15.6 Å². The third kappa shape index (κ3) is 2.65. The highest BCUT2D eigenvalue weighted by Crippen LogP contribution is 2.57. The van der Waals surface area contributed by atoms with Crippen molar-refractivity contribution in [2.75, 3.05) is 4.90 Å². The van der Waals surface area contributed by atoms with E-state index in [0.29, 0.717) is 11.3 Å². The van der Waals surface area contributed by atoms with E-state index in [1.165, 1.54) is 0 Å². The highest BCUT2D eigenvalue weighted by Gasteiger charge is 2.74. The number of rotatable bonds is 2. The molecular weight excluding hydrogens is 498 g/mol. The Kier molecular flexibility index (Phi) is 4.53. The van der Waals surface area contributed by atoms with E-state index in [9.17, 15) is 19.2 Å². The fourth-order valence-electron chi connectivity index (χ4n) is 5.45. The van der Waals surface area contributed by atoms with Gasteiger partial charge in [-0.1, -0.05) is 70.0 Å². The number of ketones is 2. The molecule has 34 heavy (non-hydrogen) atoms. The first kappa shape index (κ1) is 21.1. The van der Waals surface area contributed by atoms with Crippen LogP contribution in [0.4, 0.5) is 5.69 Å². The number of ether oxygens (including phenoxy) is 1. The molecule has 2 fully saturated rings. The average Bonchev–Trinajstić information content (AvgIpc) is 3.40. The molecule has 3 aromatic carbocycles. The van der Waals surface area contributed by atoms with E-state index in [2.05, 4.69) is 15.9 Å². The van der Waals surface area contributed by atoms with Crippen molar-refractivity contribution in [3.8, 4) is 0 Å². The lowest BCUT2D eigenvalue weighted by Crippen LogP contribution is -2.51. The molecule has 3 aliphatic rings. The van der Waals surface area contributed by atoms with E-state index in [-0.39, 0.29) is 11.1 Å². The lowest BCUT2D eigenvalue weighted by atomic mass is 9.77. The molecule has 0 bridgehead atoms. The molecule has 0 aromatic heterocycles. The Labute approximate surface area is 203 Å². The smallest absolute Gasteiger partial charge is 0.241 e. The first-order chi connectivity index (χ1) is 16.3. The monoisotopic (exact) mass is 515 g/mol. The Bertz CT molecular complexity index is 1380. The van der Waals surface area contributed by atoms with Crippen LogP contribution in [0.25, 0.3) is 0 Å². The molecular formula is C27H18BrNO5. The first-order valence-electron chi connectivity index (χ1n) is 10.9. The summed E-state index contributed by atoms with van der Waals surface area (Å²) in [6.45, 7) is 1.91. The maximum Gasteiger partial charge on any atom is 0.241 e. The number of halogens is 1. The van der Waals surface area contributed by atoms with Crippen LogP contribution < -0.4 is 4.90 Å². The van der Waals surface area contributed by atoms with Gasteiger partial charge in [0.2, 0.25) is 29.0 Å². The number of carbonyl (C=O) groups is 4. The molecule has 2 aliphatic heterocycles. The van der Waals surface area contributed by atoms with Gasteiger partial charge in [0.05, 0.1) is 23.6 Å². The second kappa shape index (κ2) is 7.29. The molecule has 6 nitrogen and oxygen atoms in total. The van der Waals surface area contributed by atoms with Crippen LogP contribution >= 0.6 is 15.9 Å². The minimum atomic E-state index is -2.06. The molecule has 3 atom stereocenters. The standard InChI is InChI=1S/C27H18BrNO5/c1-14-9-11-17(12-10-14)29-25(32)20-21(26(29)33)27(34-22(20)15-5-4-6-16(28)13-15)23(30)18-7-2-3-8-19(18)24(27)31/h2-13,20-22H,1H3/t20-,21+,22-/m1/s1. The quantitative estimate of drug-likeness (QED) is 0.372. The van der Waals surface area contributed by atoms with Gasteiger partial charge in [-0.2, -0.15) is 0 Å². The predicted molar refractivity (Wildman–Crippen MR) is 126 cm³/mol. The first-order valence-corrected chi connectivity index (χ1v) is 11.7. The van der Waals surface area contributed by atoms with Gasteiger partial charge in [-0.15, -0.1) is 0 Å². The summed E-state index contributed by atoms with van der Waals surface area (Å²) < 4.78 is 7.04. The number of amides is 2. The number of fused-ring (bicyclic) bond motifs is 3. The predicted octanol–water partition coefficient (Wildman–Crippen LogP) is 4.45. The van der Waals surface area contributed by atoms with Gasteiger partial charge in [-0.3, -0.25) is 19.2 Å². The Morgan fingerprint density at radius 1 is 0.824 bits per heavy atom. The van der Waals surface area contributed by atoms with Crippen LogP contribution in [0.3, 0.4) is 0 Å². The number of anilines is 1. The molecule has 1 spiro atoms. The summed E-state index contributed by atoms with van der Waals surface area (Å²) >= 11 is 3.43. The van der Waals surface area contributed by atoms with E-state index in [0.717, 1.165) is 14.9 Å². The zero-order valence-electron chi connectivity index (χ0n) is 18.0. The van der Waals surface area contributed by atoms with E-state index in [1.807, 2.05) is 25.1 Å². The van der Waals surface area contributed by atoms with E-state index < -0.39 is 46.9 Å². The van der Waals surface area contributed by atoms with Gasteiger partial charge in [0.25, 0.3) is 0 Å². The third-order valence-electron chi connectivity index (χ3n) is 6.99. The van der Waals surface area contributed by atoms with E-state index in [4.69, 9.17) is 4.74 Å². The average molecular weight is 516 g/mol. The fourth-order valence-corrected chi connectivity index (χ4v) is 5.87. The second-order valence-corrected chi connectivity index (χ2v) is 9.80. The highest BCUT2D eigenvalue weighted by molar-refractivity contribution is 9.10. The minimum absolute atomic E-state index is 0.218. The molecule has 2 saturated heterocycles. The summed E-state index contributed by atoms with van der Waals surface area (Å²) in [7, 11) is 0. The van der Waals surface area contributed by atoms with Crippen LogP contribution in [0.5, 0.6) is 0 Å². The Hall–Kier alpha value is -3.42. The van der Waals surface area contributed by atoms with Crippen LogP contribution in [-0.4, -0.2) is 29.0 Å². The second-order valence-electron chi connectivity index (χ2n) is 8.88. The van der Waals surface area contributed by atoms with Gasteiger partial charge in [0.1, 0.15) is 0 Å². The van der Waals surface area contributed by atoms with Crippen molar-refractivity contribution in [2.45, 2.75) is 18.6 Å².